The van der Waals surface area contributed by atoms with E-state index in [1.165, 1.54) is 18.9 Å². The van der Waals surface area contributed by atoms with E-state index in [9.17, 15) is 17.9 Å². The zero-order valence-electron chi connectivity index (χ0n) is 23.5. The maximum atomic E-state index is 14.4. The van der Waals surface area contributed by atoms with Crippen LogP contribution < -0.4 is 15.1 Å². The Kier molecular flexibility index (Phi) is 7.86. The van der Waals surface area contributed by atoms with Crippen LogP contribution in [0.5, 0.6) is 0 Å². The molecule has 2 aliphatic heterocycles. The van der Waals surface area contributed by atoms with Gasteiger partial charge < -0.3 is 25.0 Å². The molecule has 2 aliphatic rings. The van der Waals surface area contributed by atoms with Crippen LogP contribution in [0.1, 0.15) is 32.3 Å². The molecule has 10 nitrogen and oxygen atoms in total. The zero-order chi connectivity index (χ0) is 28.8. The minimum Gasteiger partial charge on any atom is -0.387 e. The first-order valence-corrected chi connectivity index (χ1v) is 15.6. The van der Waals surface area contributed by atoms with Crippen molar-refractivity contribution < 1.29 is 22.7 Å². The van der Waals surface area contributed by atoms with E-state index in [1.54, 1.807) is 17.2 Å². The molecule has 12 heteroatoms. The monoisotopic (exact) mass is 572 g/mol. The third-order valence-electron chi connectivity index (χ3n) is 8.00. The summed E-state index contributed by atoms with van der Waals surface area (Å²) in [5, 5.41) is 15.4. The summed E-state index contributed by atoms with van der Waals surface area (Å²) >= 11 is 0. The van der Waals surface area contributed by atoms with E-state index in [0.29, 0.717) is 24.1 Å². The van der Waals surface area contributed by atoms with Gasteiger partial charge in [0.1, 0.15) is 39.9 Å². The molecule has 5 rings (SSSR count). The number of hydrogen-bond donors (Lipinski definition) is 2. The van der Waals surface area contributed by atoms with Gasteiger partial charge in [0.05, 0.1) is 12.3 Å². The van der Waals surface area contributed by atoms with Crippen LogP contribution in [0.4, 0.5) is 27.7 Å². The third-order valence-corrected chi connectivity index (χ3v) is 9.03. The van der Waals surface area contributed by atoms with Crippen LogP contribution in [0.2, 0.25) is 0 Å². The number of pyridine rings is 1. The number of fused-ring (bicyclic) bond motifs is 1. The Morgan fingerprint density at radius 3 is 2.60 bits per heavy atom. The van der Waals surface area contributed by atoms with Gasteiger partial charge in [0.2, 0.25) is 5.95 Å². The Morgan fingerprint density at radius 1 is 1.15 bits per heavy atom. The molecule has 2 saturated heterocycles. The molecular formula is C28H37FN6O4S. The number of alkyl halides is 1. The van der Waals surface area contributed by atoms with Gasteiger partial charge in [-0.1, -0.05) is 19.9 Å². The molecule has 4 heterocycles. The Bertz CT molecular complexity index is 1490. The molecule has 0 aliphatic carbocycles. The minimum atomic E-state index is -3.03. The molecule has 1 aromatic carbocycles. The summed E-state index contributed by atoms with van der Waals surface area (Å²) in [4.78, 5) is 17.5. The maximum Gasteiger partial charge on any atom is 0.227 e. The third kappa shape index (κ3) is 5.70. The topological polar surface area (TPSA) is 121 Å². The lowest BCUT2D eigenvalue weighted by Crippen LogP contribution is -2.57. The summed E-state index contributed by atoms with van der Waals surface area (Å²) in [6, 6.07) is 8.08. The van der Waals surface area contributed by atoms with Gasteiger partial charge in [-0.05, 0) is 42.0 Å². The molecule has 0 spiro atoms. The summed E-state index contributed by atoms with van der Waals surface area (Å²) < 4.78 is 43.3. The number of methoxy groups -OCH3 is 1. The van der Waals surface area contributed by atoms with Crippen molar-refractivity contribution in [1.29, 1.82) is 0 Å². The van der Waals surface area contributed by atoms with Crippen molar-refractivity contribution in [3.63, 3.8) is 0 Å². The lowest BCUT2D eigenvalue weighted by atomic mass is 9.88. The van der Waals surface area contributed by atoms with Crippen molar-refractivity contribution in [1.82, 2.24) is 15.0 Å². The Labute approximate surface area is 234 Å². The summed E-state index contributed by atoms with van der Waals surface area (Å²) in [5.41, 5.74) is 2.22. The highest BCUT2D eigenvalue weighted by Crippen LogP contribution is 2.39. The quantitative estimate of drug-likeness (QED) is 0.416. The first kappa shape index (κ1) is 28.4. The average molecular weight is 573 g/mol. The molecule has 0 saturated carbocycles. The van der Waals surface area contributed by atoms with Gasteiger partial charge in [-0.25, -0.2) is 22.8 Å². The number of sulfone groups is 1. The molecule has 0 bridgehead atoms. The van der Waals surface area contributed by atoms with Gasteiger partial charge in [0.25, 0.3) is 0 Å². The predicted octanol–water partition coefficient (Wildman–Crippen LogP) is 3.30. The lowest BCUT2D eigenvalue weighted by Gasteiger charge is -2.48. The number of piperidine rings is 1. The summed E-state index contributed by atoms with van der Waals surface area (Å²) in [7, 11) is -1.59. The van der Waals surface area contributed by atoms with E-state index >= 15 is 0 Å². The van der Waals surface area contributed by atoms with Gasteiger partial charge >= 0.3 is 0 Å². The number of hydrogen-bond acceptors (Lipinski definition) is 10. The maximum absolute atomic E-state index is 14.4. The molecule has 0 radical (unpaired) electrons. The van der Waals surface area contributed by atoms with Crippen LogP contribution in [0.3, 0.4) is 0 Å². The summed E-state index contributed by atoms with van der Waals surface area (Å²) in [6.45, 7) is 7.30. The van der Waals surface area contributed by atoms with Gasteiger partial charge in [-0.3, -0.25) is 0 Å². The van der Waals surface area contributed by atoms with Crippen molar-refractivity contribution in [3.8, 4) is 0 Å². The molecule has 2 N–H and O–H groups in total. The van der Waals surface area contributed by atoms with Crippen LogP contribution in [-0.4, -0.2) is 91.7 Å². The number of halogens is 1. The van der Waals surface area contributed by atoms with Crippen LogP contribution >= 0.6 is 0 Å². The molecule has 2 aromatic heterocycles. The highest BCUT2D eigenvalue weighted by atomic mass is 32.2. The fourth-order valence-corrected chi connectivity index (χ4v) is 6.85. The predicted molar refractivity (Wildman–Crippen MR) is 155 cm³/mol. The van der Waals surface area contributed by atoms with Crippen molar-refractivity contribution >= 4 is 43.9 Å². The summed E-state index contributed by atoms with van der Waals surface area (Å²) in [6.07, 6.45) is 1.40. The van der Waals surface area contributed by atoms with Crippen LogP contribution in [-0.2, 0) is 14.6 Å². The second-order valence-electron chi connectivity index (χ2n) is 11.2. The van der Waals surface area contributed by atoms with E-state index in [2.05, 4.69) is 58.1 Å². The lowest BCUT2D eigenvalue weighted by molar-refractivity contribution is -0.0582. The van der Waals surface area contributed by atoms with Crippen molar-refractivity contribution in [3.05, 3.63) is 42.2 Å². The smallest absolute Gasteiger partial charge is 0.227 e. The van der Waals surface area contributed by atoms with Gasteiger partial charge in [0.15, 0.2) is 0 Å². The highest BCUT2D eigenvalue weighted by Gasteiger charge is 2.39. The molecule has 0 amide bonds. The Morgan fingerprint density at radius 2 is 1.93 bits per heavy atom. The number of aromatic nitrogens is 3. The highest BCUT2D eigenvalue weighted by molar-refractivity contribution is 7.90. The molecule has 2 fully saturated rings. The number of ether oxygens (including phenoxy) is 1. The fraction of sp³-hybridized carbons (Fsp3) is 0.536. The van der Waals surface area contributed by atoms with E-state index in [1.807, 2.05) is 12.3 Å². The minimum absolute atomic E-state index is 0.0286. The fourth-order valence-electron chi connectivity index (χ4n) is 5.69. The second kappa shape index (κ2) is 11.1. The van der Waals surface area contributed by atoms with Crippen molar-refractivity contribution in [2.75, 3.05) is 53.9 Å². The average Bonchev–Trinajstić information content (AvgIpc) is 2.91. The Hall–Kier alpha value is -3.09. The first-order valence-electron chi connectivity index (χ1n) is 13.5. The first-order chi connectivity index (χ1) is 18.9. The molecule has 5 atom stereocenters. The van der Waals surface area contributed by atoms with Crippen LogP contribution in [0, 0.1) is 5.92 Å². The number of aliphatic hydroxyl groups excluding tert-OH is 1. The van der Waals surface area contributed by atoms with E-state index in [0.717, 1.165) is 16.5 Å². The molecule has 40 heavy (non-hydrogen) atoms. The van der Waals surface area contributed by atoms with Crippen LogP contribution in [0.25, 0.3) is 10.8 Å². The van der Waals surface area contributed by atoms with Gasteiger partial charge in [-0.15, -0.1) is 0 Å². The number of benzene rings is 1. The zero-order valence-corrected chi connectivity index (χ0v) is 24.3. The number of nitrogens with zero attached hydrogens (tertiary/aromatic N) is 5. The van der Waals surface area contributed by atoms with Gasteiger partial charge in [-0.2, -0.15) is 4.98 Å². The van der Waals surface area contributed by atoms with E-state index in [-0.39, 0.29) is 36.7 Å². The SMILES string of the molecule is CO[C@@H]1CN(c2nccc(Nc3cc4c(C(C)C)ccc(N5C[C@H](CS(C)(=O)=O)[C@H]5C)c4cn3)n2)C[C@H](F)[C@@H]1O. The molecule has 3 aromatic rings. The van der Waals surface area contributed by atoms with E-state index in [4.69, 9.17) is 4.74 Å². The molecular weight excluding hydrogens is 535 g/mol. The second-order valence-corrected chi connectivity index (χ2v) is 13.4. The van der Waals surface area contributed by atoms with Crippen molar-refractivity contribution in [2.24, 2.45) is 5.92 Å². The number of aliphatic hydroxyl groups is 1. The van der Waals surface area contributed by atoms with E-state index < -0.39 is 28.2 Å². The molecule has 216 valence electrons. The Balaban J connectivity index is 1.41. The summed E-state index contributed by atoms with van der Waals surface area (Å²) in [5.74, 6) is 2.02. The number of nitrogens with one attached hydrogen (secondary N) is 1. The number of rotatable bonds is 8. The van der Waals surface area contributed by atoms with Gasteiger partial charge in [0, 0.05) is 61.9 Å². The largest absolute Gasteiger partial charge is 0.387 e. The number of anilines is 4. The standard InChI is InChI=1S/C28H37FN6O4S/c1-16(2)19-6-7-23(35-12-18(17(35)3)15-40(5,37)38)21-11-31-26(10-20(19)21)32-25-8-9-30-28(33-25)34-13-22(29)27(36)24(14-34)39-4/h6-11,16-18,22,24,27,36H,12-15H2,1-5H3,(H,30,31,32,33)/t17-,18-,22+,24-,27+/m1/s1. The van der Waals surface area contributed by atoms with Crippen molar-refractivity contribution in [2.45, 2.75) is 51.1 Å². The normalized spacial score (nSPS) is 25.4. The molecule has 0 unspecified atom stereocenters. The van der Waals surface area contributed by atoms with Crippen LogP contribution in [0.15, 0.2) is 36.7 Å².